The minimum absolute atomic E-state index is 0.00824. The minimum atomic E-state index is -0.853. The van der Waals surface area contributed by atoms with Gasteiger partial charge in [0.2, 0.25) is 11.8 Å². The second-order valence-corrected chi connectivity index (χ2v) is 6.35. The van der Waals surface area contributed by atoms with E-state index >= 15 is 0 Å². The summed E-state index contributed by atoms with van der Waals surface area (Å²) in [5, 5.41) is 13.2. The molecule has 2 N–H and O–H groups in total. The van der Waals surface area contributed by atoms with Crippen molar-refractivity contribution in [1.29, 1.82) is 0 Å². The fraction of sp³-hybridized carbons (Fsp3) is 0.556. The number of para-hydroxylation sites is 1. The van der Waals surface area contributed by atoms with Crippen molar-refractivity contribution in [2.24, 2.45) is 0 Å². The van der Waals surface area contributed by atoms with Gasteiger partial charge in [-0.2, -0.15) is 0 Å². The Morgan fingerprint density at radius 1 is 1.26 bits per heavy atom. The molecule has 0 spiro atoms. The van der Waals surface area contributed by atoms with Gasteiger partial charge in [-0.05, 0) is 31.4 Å². The lowest BCUT2D eigenvalue weighted by atomic mass is 9.97. The van der Waals surface area contributed by atoms with Gasteiger partial charge in [-0.25, -0.2) is 0 Å². The van der Waals surface area contributed by atoms with Gasteiger partial charge in [-0.3, -0.25) is 9.59 Å². The lowest BCUT2D eigenvalue weighted by Gasteiger charge is -2.23. The molecule has 1 aliphatic carbocycles. The quantitative estimate of drug-likeness (QED) is 0.847. The average molecular weight is 318 g/mol. The van der Waals surface area contributed by atoms with Gasteiger partial charge in [-0.15, -0.1) is 0 Å². The zero-order chi connectivity index (χ0) is 16.9. The van der Waals surface area contributed by atoms with E-state index in [-0.39, 0.29) is 18.2 Å². The largest absolute Gasteiger partial charge is 0.389 e. The number of nitrogens with one attached hydrogen (secondary N) is 1. The molecule has 1 fully saturated rings. The topological polar surface area (TPSA) is 69.6 Å². The van der Waals surface area contributed by atoms with Gasteiger partial charge in [-0.1, -0.05) is 31.0 Å². The summed E-state index contributed by atoms with van der Waals surface area (Å²) in [7, 11) is 0. The fourth-order valence-electron chi connectivity index (χ4n) is 3.13. The van der Waals surface area contributed by atoms with Gasteiger partial charge < -0.3 is 15.3 Å². The van der Waals surface area contributed by atoms with E-state index in [4.69, 9.17) is 0 Å². The first-order valence-corrected chi connectivity index (χ1v) is 8.29. The van der Waals surface area contributed by atoms with Crippen LogP contribution >= 0.6 is 0 Å². The van der Waals surface area contributed by atoms with E-state index in [0.717, 1.165) is 18.4 Å². The van der Waals surface area contributed by atoms with Crippen molar-refractivity contribution >= 4 is 17.5 Å². The van der Waals surface area contributed by atoms with Crippen LogP contribution in [0.2, 0.25) is 0 Å². The maximum absolute atomic E-state index is 12.3. The van der Waals surface area contributed by atoms with Crippen LogP contribution in [0.5, 0.6) is 0 Å². The Morgan fingerprint density at radius 2 is 1.91 bits per heavy atom. The Labute approximate surface area is 137 Å². The maximum atomic E-state index is 12.3. The molecule has 0 heterocycles. The minimum Gasteiger partial charge on any atom is -0.389 e. The first-order valence-electron chi connectivity index (χ1n) is 8.29. The molecule has 0 radical (unpaired) electrons. The van der Waals surface area contributed by atoms with E-state index in [1.807, 2.05) is 31.2 Å². The number of benzene rings is 1. The second kappa shape index (κ2) is 7.59. The third-order valence-electron chi connectivity index (χ3n) is 4.50. The second-order valence-electron chi connectivity index (χ2n) is 6.35. The van der Waals surface area contributed by atoms with Crippen molar-refractivity contribution in [3.8, 4) is 0 Å². The Morgan fingerprint density at radius 3 is 2.52 bits per heavy atom. The molecule has 2 amide bonds. The Kier molecular flexibility index (Phi) is 5.77. The molecule has 126 valence electrons. The van der Waals surface area contributed by atoms with Crippen LogP contribution in [0.3, 0.4) is 0 Å². The van der Waals surface area contributed by atoms with Gasteiger partial charge in [0.05, 0.1) is 12.0 Å². The predicted molar refractivity (Wildman–Crippen MR) is 89.9 cm³/mol. The molecule has 23 heavy (non-hydrogen) atoms. The van der Waals surface area contributed by atoms with E-state index in [1.165, 1.54) is 0 Å². The molecular formula is C18H26N2O3. The molecule has 0 aromatic heterocycles. The summed E-state index contributed by atoms with van der Waals surface area (Å²) in [6.07, 6.45) is 3.46. The van der Waals surface area contributed by atoms with E-state index in [1.54, 1.807) is 11.8 Å². The molecule has 1 aromatic rings. The summed E-state index contributed by atoms with van der Waals surface area (Å²) in [5.41, 5.74) is 0.753. The van der Waals surface area contributed by atoms with Gasteiger partial charge in [0, 0.05) is 25.7 Å². The van der Waals surface area contributed by atoms with Crippen LogP contribution in [-0.4, -0.2) is 34.0 Å². The van der Waals surface area contributed by atoms with Crippen molar-refractivity contribution in [1.82, 2.24) is 4.90 Å². The smallest absolute Gasteiger partial charge is 0.227 e. The van der Waals surface area contributed by atoms with Crippen molar-refractivity contribution in [2.45, 2.75) is 58.1 Å². The van der Waals surface area contributed by atoms with Gasteiger partial charge in [0.25, 0.3) is 0 Å². The van der Waals surface area contributed by atoms with Crippen molar-refractivity contribution in [3.63, 3.8) is 0 Å². The highest BCUT2D eigenvalue weighted by Gasteiger charge is 2.33. The third kappa shape index (κ3) is 4.79. The molecule has 1 aromatic carbocycles. The molecule has 1 saturated carbocycles. The van der Waals surface area contributed by atoms with Gasteiger partial charge >= 0.3 is 0 Å². The van der Waals surface area contributed by atoms with Crippen LogP contribution in [-0.2, 0) is 16.1 Å². The standard InChI is InChI=1S/C18H26N2O3/c1-3-20(14(2)21)13-15-8-4-5-9-16(15)19-17(22)12-18(23)10-6-7-11-18/h4-5,8-9,23H,3,6-7,10-13H2,1-2H3,(H,19,22). The molecule has 2 rings (SSSR count). The summed E-state index contributed by atoms with van der Waals surface area (Å²) in [5.74, 6) is -0.165. The number of amides is 2. The van der Waals surface area contributed by atoms with Crippen LogP contribution < -0.4 is 5.32 Å². The maximum Gasteiger partial charge on any atom is 0.227 e. The molecule has 5 heteroatoms. The van der Waals surface area contributed by atoms with Crippen LogP contribution in [0.1, 0.15) is 51.5 Å². The first-order chi connectivity index (χ1) is 10.9. The van der Waals surface area contributed by atoms with Crippen LogP contribution in [0.15, 0.2) is 24.3 Å². The Balaban J connectivity index is 2.04. The average Bonchev–Trinajstić information content (AvgIpc) is 2.91. The number of carbonyl (C=O) groups is 2. The lowest BCUT2D eigenvalue weighted by Crippen LogP contribution is -2.31. The van der Waals surface area contributed by atoms with E-state index in [2.05, 4.69) is 5.32 Å². The van der Waals surface area contributed by atoms with E-state index in [0.29, 0.717) is 31.6 Å². The molecule has 0 saturated heterocycles. The monoisotopic (exact) mass is 318 g/mol. The summed E-state index contributed by atoms with van der Waals surface area (Å²) >= 11 is 0. The van der Waals surface area contributed by atoms with Crippen LogP contribution in [0.25, 0.3) is 0 Å². The van der Waals surface area contributed by atoms with E-state index in [9.17, 15) is 14.7 Å². The Hall–Kier alpha value is -1.88. The van der Waals surface area contributed by atoms with Crippen LogP contribution in [0, 0.1) is 0 Å². The molecule has 0 atom stereocenters. The number of hydrogen-bond acceptors (Lipinski definition) is 3. The molecular weight excluding hydrogens is 292 g/mol. The SMILES string of the molecule is CCN(Cc1ccccc1NC(=O)CC1(O)CCCC1)C(C)=O. The summed E-state index contributed by atoms with van der Waals surface area (Å²) in [6, 6.07) is 7.49. The summed E-state index contributed by atoms with van der Waals surface area (Å²) in [6.45, 7) is 4.56. The van der Waals surface area contributed by atoms with Gasteiger partial charge in [0.1, 0.15) is 0 Å². The third-order valence-corrected chi connectivity index (χ3v) is 4.50. The summed E-state index contributed by atoms with van der Waals surface area (Å²) in [4.78, 5) is 25.6. The highest BCUT2D eigenvalue weighted by atomic mass is 16.3. The van der Waals surface area contributed by atoms with Crippen molar-refractivity contribution in [2.75, 3.05) is 11.9 Å². The molecule has 1 aliphatic rings. The van der Waals surface area contributed by atoms with Crippen molar-refractivity contribution < 1.29 is 14.7 Å². The number of aliphatic hydroxyl groups is 1. The zero-order valence-corrected chi connectivity index (χ0v) is 14.0. The highest BCUT2D eigenvalue weighted by Crippen LogP contribution is 2.32. The number of carbonyl (C=O) groups excluding carboxylic acids is 2. The van der Waals surface area contributed by atoms with Gasteiger partial charge in [0.15, 0.2) is 0 Å². The predicted octanol–water partition coefficient (Wildman–Crippen LogP) is 2.69. The number of hydrogen-bond donors (Lipinski definition) is 2. The number of anilines is 1. The zero-order valence-electron chi connectivity index (χ0n) is 14.0. The first kappa shape index (κ1) is 17.5. The number of nitrogens with zero attached hydrogens (tertiary/aromatic N) is 1. The molecule has 0 bridgehead atoms. The molecule has 0 aliphatic heterocycles. The van der Waals surface area contributed by atoms with Crippen molar-refractivity contribution in [3.05, 3.63) is 29.8 Å². The molecule has 0 unspecified atom stereocenters. The highest BCUT2D eigenvalue weighted by molar-refractivity contribution is 5.92. The van der Waals surface area contributed by atoms with Crippen LogP contribution in [0.4, 0.5) is 5.69 Å². The van der Waals surface area contributed by atoms with E-state index < -0.39 is 5.60 Å². The molecule has 5 nitrogen and oxygen atoms in total. The summed E-state index contributed by atoms with van der Waals surface area (Å²) < 4.78 is 0. The lowest BCUT2D eigenvalue weighted by molar-refractivity contribution is -0.129. The Bertz CT molecular complexity index is 565. The fourth-order valence-corrected chi connectivity index (χ4v) is 3.13. The normalized spacial score (nSPS) is 16.1. The number of rotatable bonds is 6.